The van der Waals surface area contributed by atoms with Crippen LogP contribution in [-0.4, -0.2) is 36.0 Å². The van der Waals surface area contributed by atoms with Gasteiger partial charge in [0.2, 0.25) is 5.91 Å². The van der Waals surface area contributed by atoms with E-state index in [9.17, 15) is 4.79 Å². The van der Waals surface area contributed by atoms with E-state index in [2.05, 4.69) is 28.5 Å². The first-order valence-corrected chi connectivity index (χ1v) is 9.53. The first-order chi connectivity index (χ1) is 12.6. The topological polar surface area (TPSA) is 57.5 Å². The fourth-order valence-corrected chi connectivity index (χ4v) is 4.00. The van der Waals surface area contributed by atoms with Crippen molar-refractivity contribution < 1.29 is 9.21 Å². The SMILES string of the molecule is Cc1ccc(C(C)CCN2CCC3(CC2)Nc2ccccc2NC3=O)o1. The molecule has 1 atom stereocenters. The number of nitrogens with one attached hydrogen (secondary N) is 2. The predicted octanol–water partition coefficient (Wildman–Crippen LogP) is 3.98. The van der Waals surface area contributed by atoms with E-state index in [-0.39, 0.29) is 5.91 Å². The van der Waals surface area contributed by atoms with Gasteiger partial charge < -0.3 is 20.0 Å². The maximum atomic E-state index is 12.7. The monoisotopic (exact) mass is 353 g/mol. The minimum Gasteiger partial charge on any atom is -0.466 e. The van der Waals surface area contributed by atoms with Gasteiger partial charge in [-0.25, -0.2) is 0 Å². The molecule has 138 valence electrons. The molecule has 0 radical (unpaired) electrons. The lowest BCUT2D eigenvalue weighted by Crippen LogP contribution is -2.58. The fraction of sp³-hybridized carbons (Fsp3) is 0.476. The zero-order chi connectivity index (χ0) is 18.1. The molecule has 0 saturated carbocycles. The molecule has 2 N–H and O–H groups in total. The van der Waals surface area contributed by atoms with E-state index in [1.54, 1.807) is 0 Å². The van der Waals surface area contributed by atoms with Crippen molar-refractivity contribution in [2.75, 3.05) is 30.3 Å². The number of benzene rings is 1. The lowest BCUT2D eigenvalue weighted by atomic mass is 9.84. The molecule has 5 nitrogen and oxygen atoms in total. The van der Waals surface area contributed by atoms with Crippen molar-refractivity contribution in [1.29, 1.82) is 0 Å². The van der Waals surface area contributed by atoms with E-state index in [1.165, 1.54) is 0 Å². The smallest absolute Gasteiger partial charge is 0.250 e. The van der Waals surface area contributed by atoms with Crippen molar-refractivity contribution in [2.24, 2.45) is 0 Å². The average molecular weight is 353 g/mol. The van der Waals surface area contributed by atoms with E-state index in [1.807, 2.05) is 37.3 Å². The van der Waals surface area contributed by atoms with E-state index in [4.69, 9.17) is 4.42 Å². The van der Waals surface area contributed by atoms with Gasteiger partial charge >= 0.3 is 0 Å². The molecular formula is C21H27N3O2. The van der Waals surface area contributed by atoms with Crippen molar-refractivity contribution in [2.45, 2.75) is 44.6 Å². The molecule has 1 saturated heterocycles. The summed E-state index contributed by atoms with van der Waals surface area (Å²) < 4.78 is 5.74. The molecule has 1 aromatic heterocycles. The number of para-hydroxylation sites is 2. The second-order valence-electron chi connectivity index (χ2n) is 7.69. The number of carbonyl (C=O) groups is 1. The van der Waals surface area contributed by atoms with Gasteiger partial charge in [-0.05, 0) is 57.0 Å². The van der Waals surface area contributed by atoms with Gasteiger partial charge in [-0.1, -0.05) is 19.1 Å². The van der Waals surface area contributed by atoms with Gasteiger partial charge in [-0.3, -0.25) is 4.79 Å². The number of hydrogen-bond donors (Lipinski definition) is 2. The van der Waals surface area contributed by atoms with E-state index < -0.39 is 5.54 Å². The molecule has 1 amide bonds. The zero-order valence-electron chi connectivity index (χ0n) is 15.5. The summed E-state index contributed by atoms with van der Waals surface area (Å²) in [4.78, 5) is 15.2. The molecule has 2 aromatic rings. The number of anilines is 2. The number of nitrogens with zero attached hydrogens (tertiary/aromatic N) is 1. The van der Waals surface area contributed by atoms with Crippen LogP contribution in [-0.2, 0) is 4.79 Å². The van der Waals surface area contributed by atoms with Crippen LogP contribution in [0.4, 0.5) is 11.4 Å². The Morgan fingerprint density at radius 2 is 1.88 bits per heavy atom. The number of carbonyl (C=O) groups excluding carboxylic acids is 1. The number of furan rings is 1. The first kappa shape index (κ1) is 17.2. The van der Waals surface area contributed by atoms with Crippen LogP contribution >= 0.6 is 0 Å². The molecule has 26 heavy (non-hydrogen) atoms. The minimum atomic E-state index is -0.464. The summed E-state index contributed by atoms with van der Waals surface area (Å²) in [5.74, 6) is 2.57. The Kier molecular flexibility index (Phi) is 4.49. The zero-order valence-corrected chi connectivity index (χ0v) is 15.5. The molecule has 1 unspecified atom stereocenters. The Bertz CT molecular complexity index is 790. The highest BCUT2D eigenvalue weighted by molar-refractivity contribution is 6.06. The van der Waals surface area contributed by atoms with Gasteiger partial charge in [0.05, 0.1) is 11.4 Å². The van der Waals surface area contributed by atoms with Crippen LogP contribution in [0.3, 0.4) is 0 Å². The van der Waals surface area contributed by atoms with Crippen molar-refractivity contribution in [3.63, 3.8) is 0 Å². The summed E-state index contributed by atoms with van der Waals surface area (Å²) in [6.45, 7) is 7.12. The van der Waals surface area contributed by atoms with Crippen molar-refractivity contribution >= 4 is 17.3 Å². The van der Waals surface area contributed by atoms with Crippen LogP contribution in [0, 0.1) is 6.92 Å². The van der Waals surface area contributed by atoms with Crippen molar-refractivity contribution in [1.82, 2.24) is 4.90 Å². The Morgan fingerprint density at radius 3 is 2.58 bits per heavy atom. The fourth-order valence-electron chi connectivity index (χ4n) is 4.00. The Hall–Kier alpha value is -2.27. The maximum Gasteiger partial charge on any atom is 0.250 e. The number of amides is 1. The van der Waals surface area contributed by atoms with Gasteiger partial charge in [0, 0.05) is 19.0 Å². The van der Waals surface area contributed by atoms with E-state index >= 15 is 0 Å². The first-order valence-electron chi connectivity index (χ1n) is 9.53. The highest BCUT2D eigenvalue weighted by Gasteiger charge is 2.44. The molecule has 0 bridgehead atoms. The van der Waals surface area contributed by atoms with Gasteiger partial charge in [-0.2, -0.15) is 0 Å². The number of fused-ring (bicyclic) bond motifs is 1. The normalized spacial score (nSPS) is 20.3. The molecular weight excluding hydrogens is 326 g/mol. The van der Waals surface area contributed by atoms with Crippen LogP contribution in [0.1, 0.15) is 43.6 Å². The van der Waals surface area contributed by atoms with Gasteiger partial charge in [0.1, 0.15) is 17.1 Å². The molecule has 0 aliphatic carbocycles. The third kappa shape index (κ3) is 3.23. The molecule has 5 heteroatoms. The second kappa shape index (κ2) is 6.80. The van der Waals surface area contributed by atoms with E-state index in [0.717, 1.165) is 61.8 Å². The summed E-state index contributed by atoms with van der Waals surface area (Å²) in [6, 6.07) is 12.0. The summed E-state index contributed by atoms with van der Waals surface area (Å²) in [6.07, 6.45) is 2.74. The maximum absolute atomic E-state index is 12.7. The number of rotatable bonds is 4. The van der Waals surface area contributed by atoms with Crippen molar-refractivity contribution in [3.05, 3.63) is 47.9 Å². The molecule has 1 aromatic carbocycles. The Balaban J connectivity index is 1.33. The van der Waals surface area contributed by atoms with Gasteiger partial charge in [0.25, 0.3) is 0 Å². The summed E-state index contributed by atoms with van der Waals surface area (Å²) in [5, 5.41) is 6.60. The van der Waals surface area contributed by atoms with Gasteiger partial charge in [-0.15, -0.1) is 0 Å². The highest BCUT2D eigenvalue weighted by atomic mass is 16.3. The molecule has 2 aliphatic heterocycles. The lowest BCUT2D eigenvalue weighted by Gasteiger charge is -2.44. The lowest BCUT2D eigenvalue weighted by molar-refractivity contribution is -0.122. The predicted molar refractivity (Wildman–Crippen MR) is 104 cm³/mol. The highest BCUT2D eigenvalue weighted by Crippen LogP contribution is 2.36. The molecule has 1 spiro atoms. The van der Waals surface area contributed by atoms with Crippen LogP contribution in [0.25, 0.3) is 0 Å². The second-order valence-corrected chi connectivity index (χ2v) is 7.69. The minimum absolute atomic E-state index is 0.107. The number of aryl methyl sites for hydroxylation is 1. The third-order valence-electron chi connectivity index (χ3n) is 5.82. The Labute approximate surface area is 154 Å². The average Bonchev–Trinajstić information content (AvgIpc) is 3.08. The largest absolute Gasteiger partial charge is 0.466 e. The van der Waals surface area contributed by atoms with Crippen LogP contribution < -0.4 is 10.6 Å². The molecule has 1 fully saturated rings. The third-order valence-corrected chi connectivity index (χ3v) is 5.82. The molecule has 4 rings (SSSR count). The number of hydrogen-bond acceptors (Lipinski definition) is 4. The standard InChI is InChI=1S/C21H27N3O2/c1-15(19-8-7-16(2)26-19)9-12-24-13-10-21(11-14-24)20(25)22-17-5-3-4-6-18(17)23-21/h3-8,15,23H,9-14H2,1-2H3,(H,22,25). The summed E-state index contributed by atoms with van der Waals surface area (Å²) in [5.41, 5.74) is 1.45. The van der Waals surface area contributed by atoms with Crippen LogP contribution in [0.2, 0.25) is 0 Å². The van der Waals surface area contributed by atoms with Gasteiger partial charge in [0.15, 0.2) is 0 Å². The number of likely N-dealkylation sites (tertiary alicyclic amines) is 1. The summed E-state index contributed by atoms with van der Waals surface area (Å²) in [7, 11) is 0. The van der Waals surface area contributed by atoms with Crippen LogP contribution in [0.5, 0.6) is 0 Å². The molecule has 3 heterocycles. The van der Waals surface area contributed by atoms with Crippen molar-refractivity contribution in [3.8, 4) is 0 Å². The molecule has 2 aliphatic rings. The Morgan fingerprint density at radius 1 is 1.15 bits per heavy atom. The van der Waals surface area contributed by atoms with E-state index in [0.29, 0.717) is 5.92 Å². The quantitative estimate of drug-likeness (QED) is 0.873. The number of piperidine rings is 1. The summed E-state index contributed by atoms with van der Waals surface area (Å²) >= 11 is 0. The van der Waals surface area contributed by atoms with Crippen LogP contribution in [0.15, 0.2) is 40.8 Å².